The van der Waals surface area contributed by atoms with Crippen LogP contribution in [0.2, 0.25) is 0 Å². The fraction of sp³-hybridized carbons (Fsp3) is 0.226. The molecule has 0 fully saturated rings. The predicted octanol–water partition coefficient (Wildman–Crippen LogP) is 6.53. The van der Waals surface area contributed by atoms with Gasteiger partial charge in [0.05, 0.1) is 11.0 Å². The van der Waals surface area contributed by atoms with Gasteiger partial charge in [-0.2, -0.15) is 0 Å². The van der Waals surface area contributed by atoms with E-state index in [1.54, 1.807) is 36.0 Å². The number of oxime groups is 2. The highest BCUT2D eigenvalue weighted by molar-refractivity contribution is 7.98. The molecule has 0 unspecified atom stereocenters. The highest BCUT2D eigenvalue weighted by Crippen LogP contribution is 2.34. The third kappa shape index (κ3) is 6.44. The van der Waals surface area contributed by atoms with Gasteiger partial charge in [-0.15, -0.1) is 11.8 Å². The number of aromatic nitrogens is 1. The molecular formula is C31H29N3O6S. The molecule has 4 aromatic rings. The van der Waals surface area contributed by atoms with Crippen molar-refractivity contribution in [2.24, 2.45) is 10.3 Å². The first-order chi connectivity index (χ1) is 19.6. The lowest BCUT2D eigenvalue weighted by Crippen LogP contribution is -2.15. The van der Waals surface area contributed by atoms with E-state index >= 15 is 0 Å². The van der Waals surface area contributed by atoms with Crippen LogP contribution in [0.25, 0.3) is 27.5 Å². The number of ketones is 2. The maximum atomic E-state index is 13.4. The maximum absolute atomic E-state index is 13.4. The van der Waals surface area contributed by atoms with E-state index in [9.17, 15) is 19.2 Å². The van der Waals surface area contributed by atoms with Crippen LogP contribution in [0.3, 0.4) is 0 Å². The largest absolute Gasteiger partial charge is 0.331 e. The van der Waals surface area contributed by atoms with Gasteiger partial charge in [-0.3, -0.25) is 9.59 Å². The Hall–Kier alpha value is -4.57. The second-order valence-electron chi connectivity index (χ2n) is 9.29. The van der Waals surface area contributed by atoms with Gasteiger partial charge in [-0.05, 0) is 80.3 Å². The van der Waals surface area contributed by atoms with Crippen LogP contribution in [0.1, 0.15) is 61.3 Å². The van der Waals surface area contributed by atoms with Crippen LogP contribution in [-0.2, 0) is 19.3 Å². The van der Waals surface area contributed by atoms with Crippen molar-refractivity contribution in [3.63, 3.8) is 0 Å². The number of Topliss-reactive ketones (excluding diaryl/α,β-unsaturated/α-hetero) is 2. The highest BCUT2D eigenvalue weighted by Gasteiger charge is 2.20. The number of nitrogens with zero attached hydrogens (tertiary/aromatic N) is 3. The smallest absolute Gasteiger partial charge is 0.318 e. The Kier molecular flexibility index (Phi) is 9.14. The molecule has 0 saturated carbocycles. The molecule has 0 aliphatic rings. The Morgan fingerprint density at radius 2 is 1.29 bits per heavy atom. The average molecular weight is 572 g/mol. The fourth-order valence-corrected chi connectivity index (χ4v) is 4.83. The standard InChI is InChI=1S/C31H29N3O6S/c1-6-7-27(33-40-20(4)36)31(38)22-9-15-29-26(17-22)25-16-21(30(37)18(2)32-39-19(3)35)8-14-28(25)34(29)23-10-12-24(41-5)13-11-23/h8-17H,6-7H2,1-5H3. The van der Waals surface area contributed by atoms with Gasteiger partial charge >= 0.3 is 11.9 Å². The van der Waals surface area contributed by atoms with Crippen molar-refractivity contribution >= 4 is 68.5 Å². The molecule has 210 valence electrons. The number of carbonyl (C=O) groups excluding carboxylic acids is 4. The van der Waals surface area contributed by atoms with Crippen LogP contribution >= 0.6 is 11.8 Å². The quantitative estimate of drug-likeness (QED) is 0.0698. The van der Waals surface area contributed by atoms with E-state index in [2.05, 4.69) is 19.7 Å². The first-order valence-corrected chi connectivity index (χ1v) is 14.2. The van der Waals surface area contributed by atoms with Crippen molar-refractivity contribution in [3.8, 4) is 5.69 Å². The molecule has 0 atom stereocenters. The van der Waals surface area contributed by atoms with Gasteiger partial charge in [-0.25, -0.2) is 9.59 Å². The summed E-state index contributed by atoms with van der Waals surface area (Å²) in [5.41, 5.74) is 3.47. The first-order valence-electron chi connectivity index (χ1n) is 12.9. The fourth-order valence-electron chi connectivity index (χ4n) is 4.42. The van der Waals surface area contributed by atoms with Crippen LogP contribution in [-0.4, -0.2) is 45.8 Å². The lowest BCUT2D eigenvalue weighted by atomic mass is 10.00. The molecule has 0 aliphatic heterocycles. The van der Waals surface area contributed by atoms with E-state index in [0.717, 1.165) is 32.4 Å². The summed E-state index contributed by atoms with van der Waals surface area (Å²) >= 11 is 1.64. The molecule has 0 amide bonds. The molecular weight excluding hydrogens is 542 g/mol. The molecule has 3 aromatic carbocycles. The SMILES string of the molecule is CCCC(=NOC(C)=O)C(=O)c1ccc2c(c1)c1cc(C(=O)C(C)=NOC(C)=O)ccc1n2-c1ccc(SC)cc1. The molecule has 1 heterocycles. The molecule has 41 heavy (non-hydrogen) atoms. The van der Waals surface area contributed by atoms with Crippen LogP contribution in [0.4, 0.5) is 0 Å². The number of carbonyl (C=O) groups is 4. The Morgan fingerprint density at radius 1 is 0.756 bits per heavy atom. The van der Waals surface area contributed by atoms with E-state index in [4.69, 9.17) is 4.84 Å². The minimum absolute atomic E-state index is 0.0256. The van der Waals surface area contributed by atoms with E-state index in [1.165, 1.54) is 20.8 Å². The van der Waals surface area contributed by atoms with Gasteiger partial charge in [0.2, 0.25) is 11.6 Å². The van der Waals surface area contributed by atoms with Gasteiger partial charge in [0.15, 0.2) is 0 Å². The molecule has 0 bridgehead atoms. The Balaban J connectivity index is 1.92. The van der Waals surface area contributed by atoms with Crippen LogP contribution in [0.15, 0.2) is 75.9 Å². The number of benzene rings is 3. The van der Waals surface area contributed by atoms with Crippen LogP contribution in [0.5, 0.6) is 0 Å². The van der Waals surface area contributed by atoms with Gasteiger partial charge in [0.1, 0.15) is 11.4 Å². The number of fused-ring (bicyclic) bond motifs is 3. The number of hydrogen-bond donors (Lipinski definition) is 0. The van der Waals surface area contributed by atoms with Crippen molar-refractivity contribution in [1.82, 2.24) is 4.57 Å². The summed E-state index contributed by atoms with van der Waals surface area (Å²) in [6.07, 6.45) is 2.99. The van der Waals surface area contributed by atoms with E-state index < -0.39 is 17.7 Å². The Morgan fingerprint density at radius 3 is 1.80 bits per heavy atom. The predicted molar refractivity (Wildman–Crippen MR) is 160 cm³/mol. The monoisotopic (exact) mass is 571 g/mol. The second-order valence-corrected chi connectivity index (χ2v) is 10.2. The molecule has 0 N–H and O–H groups in total. The summed E-state index contributed by atoms with van der Waals surface area (Å²) < 4.78 is 2.07. The van der Waals surface area contributed by atoms with E-state index in [1.807, 2.05) is 49.6 Å². The van der Waals surface area contributed by atoms with Crippen molar-refractivity contribution < 1.29 is 28.9 Å². The summed E-state index contributed by atoms with van der Waals surface area (Å²) in [4.78, 5) is 59.5. The zero-order valence-electron chi connectivity index (χ0n) is 23.4. The van der Waals surface area contributed by atoms with Gasteiger partial charge in [0.25, 0.3) is 0 Å². The van der Waals surface area contributed by atoms with Gasteiger partial charge < -0.3 is 14.2 Å². The summed E-state index contributed by atoms with van der Waals surface area (Å²) in [6.45, 7) is 5.80. The summed E-state index contributed by atoms with van der Waals surface area (Å²) in [7, 11) is 0. The molecule has 0 saturated heterocycles. The van der Waals surface area contributed by atoms with Crippen molar-refractivity contribution in [2.45, 2.75) is 45.4 Å². The van der Waals surface area contributed by atoms with E-state index in [-0.39, 0.29) is 17.2 Å². The lowest BCUT2D eigenvalue weighted by Gasteiger charge is -2.09. The number of thioether (sulfide) groups is 1. The van der Waals surface area contributed by atoms with Gasteiger partial charge in [0, 0.05) is 46.3 Å². The second kappa shape index (κ2) is 12.7. The minimum atomic E-state index is -0.625. The van der Waals surface area contributed by atoms with Crippen LogP contribution < -0.4 is 0 Å². The van der Waals surface area contributed by atoms with Gasteiger partial charge in [-0.1, -0.05) is 23.7 Å². The zero-order valence-corrected chi connectivity index (χ0v) is 24.2. The summed E-state index contributed by atoms with van der Waals surface area (Å²) in [5, 5.41) is 8.92. The Labute approximate surface area is 241 Å². The molecule has 9 nitrogen and oxygen atoms in total. The molecule has 0 spiro atoms. The summed E-state index contributed by atoms with van der Waals surface area (Å²) in [6, 6.07) is 18.7. The normalized spacial score (nSPS) is 12.0. The molecule has 1 aromatic heterocycles. The zero-order chi connectivity index (χ0) is 29.7. The first kappa shape index (κ1) is 29.4. The average Bonchev–Trinajstić information content (AvgIpc) is 3.30. The number of hydrogen-bond acceptors (Lipinski definition) is 9. The minimum Gasteiger partial charge on any atom is -0.318 e. The number of rotatable bonds is 10. The Bertz CT molecular complexity index is 1730. The van der Waals surface area contributed by atoms with Crippen molar-refractivity contribution in [2.75, 3.05) is 6.26 Å². The molecule has 10 heteroatoms. The maximum Gasteiger partial charge on any atom is 0.331 e. The lowest BCUT2D eigenvalue weighted by molar-refractivity contribution is -0.141. The summed E-state index contributed by atoms with van der Waals surface area (Å²) in [5.74, 6) is -1.98. The topological polar surface area (TPSA) is 116 Å². The van der Waals surface area contributed by atoms with Crippen LogP contribution in [0, 0.1) is 0 Å². The molecule has 0 radical (unpaired) electrons. The third-order valence-corrected chi connectivity index (χ3v) is 7.04. The third-order valence-electron chi connectivity index (χ3n) is 6.29. The van der Waals surface area contributed by atoms with Crippen molar-refractivity contribution in [3.05, 3.63) is 71.8 Å². The molecule has 4 rings (SSSR count). The highest BCUT2D eigenvalue weighted by atomic mass is 32.2. The molecule has 0 aliphatic carbocycles. The van der Waals surface area contributed by atoms with E-state index in [0.29, 0.717) is 24.0 Å². The van der Waals surface area contributed by atoms with Crippen molar-refractivity contribution in [1.29, 1.82) is 0 Å².